The molecule has 6 nitrogen and oxygen atoms in total. The first-order valence-corrected chi connectivity index (χ1v) is 7.37. The molecule has 2 aromatic heterocycles. The predicted molar refractivity (Wildman–Crippen MR) is 86.7 cm³/mol. The molecule has 0 radical (unpaired) electrons. The number of nitrogens with one attached hydrogen (secondary N) is 1. The maximum atomic E-state index is 13.6. The largest absolute Gasteiger partial charge is 0.322 e. The van der Waals surface area contributed by atoms with Crippen LogP contribution in [0.2, 0.25) is 0 Å². The Hall–Kier alpha value is -3.49. The van der Waals surface area contributed by atoms with Crippen molar-refractivity contribution in [1.82, 2.24) is 14.8 Å². The van der Waals surface area contributed by atoms with Crippen LogP contribution in [0.4, 0.5) is 18.9 Å². The number of carbonyl (C=O) groups excluding carboxylic acids is 1. The summed E-state index contributed by atoms with van der Waals surface area (Å²) in [5, 5.41) is 6.15. The molecule has 132 valence electrons. The lowest BCUT2D eigenvalue weighted by molar-refractivity contribution is -0.117. The van der Waals surface area contributed by atoms with E-state index in [1.807, 2.05) is 0 Å². The molecule has 0 bridgehead atoms. The number of rotatable bonds is 4. The van der Waals surface area contributed by atoms with Crippen LogP contribution in [0.15, 0.2) is 53.6 Å². The second-order valence-electron chi connectivity index (χ2n) is 5.22. The minimum atomic E-state index is -1.70. The van der Waals surface area contributed by atoms with Crippen molar-refractivity contribution in [1.29, 1.82) is 0 Å². The molecule has 3 aromatic rings. The molecule has 0 saturated carbocycles. The molecule has 0 aliphatic heterocycles. The van der Waals surface area contributed by atoms with Crippen LogP contribution in [-0.4, -0.2) is 20.7 Å². The minimum Gasteiger partial charge on any atom is -0.322 e. The lowest BCUT2D eigenvalue weighted by Crippen LogP contribution is -2.29. The van der Waals surface area contributed by atoms with Gasteiger partial charge in [0, 0.05) is 24.0 Å². The van der Waals surface area contributed by atoms with Gasteiger partial charge in [0.05, 0.1) is 11.4 Å². The van der Waals surface area contributed by atoms with Crippen molar-refractivity contribution < 1.29 is 18.0 Å². The maximum Gasteiger partial charge on any atom is 0.267 e. The van der Waals surface area contributed by atoms with Gasteiger partial charge in [0.1, 0.15) is 6.54 Å². The van der Waals surface area contributed by atoms with E-state index in [1.165, 1.54) is 12.1 Å². The van der Waals surface area contributed by atoms with Crippen LogP contribution in [0.1, 0.15) is 0 Å². The van der Waals surface area contributed by atoms with Crippen LogP contribution in [0.3, 0.4) is 0 Å². The smallest absolute Gasteiger partial charge is 0.267 e. The number of hydrogen-bond donors (Lipinski definition) is 1. The molecule has 26 heavy (non-hydrogen) atoms. The van der Waals surface area contributed by atoms with Crippen LogP contribution in [0.5, 0.6) is 0 Å². The number of amides is 1. The summed E-state index contributed by atoms with van der Waals surface area (Å²) in [6.07, 6.45) is 3.09. The van der Waals surface area contributed by atoms with Gasteiger partial charge in [0.25, 0.3) is 5.56 Å². The summed E-state index contributed by atoms with van der Waals surface area (Å²) in [5.74, 6) is -5.42. The third kappa shape index (κ3) is 3.61. The van der Waals surface area contributed by atoms with E-state index in [9.17, 15) is 22.8 Å². The first-order chi connectivity index (χ1) is 12.5. The summed E-state index contributed by atoms with van der Waals surface area (Å²) >= 11 is 0. The van der Waals surface area contributed by atoms with E-state index in [2.05, 4.69) is 15.4 Å². The van der Waals surface area contributed by atoms with Gasteiger partial charge in [-0.25, -0.2) is 17.9 Å². The highest BCUT2D eigenvalue weighted by Gasteiger charge is 2.16. The molecule has 0 aliphatic rings. The van der Waals surface area contributed by atoms with Gasteiger partial charge >= 0.3 is 0 Å². The summed E-state index contributed by atoms with van der Waals surface area (Å²) in [5.41, 5.74) is 0.0237. The lowest BCUT2D eigenvalue weighted by Gasteiger charge is -2.09. The number of halogens is 3. The molecule has 0 aliphatic carbocycles. The highest BCUT2D eigenvalue weighted by Crippen LogP contribution is 2.19. The maximum absolute atomic E-state index is 13.6. The van der Waals surface area contributed by atoms with Crippen molar-refractivity contribution in [2.75, 3.05) is 5.32 Å². The first-order valence-electron chi connectivity index (χ1n) is 7.37. The van der Waals surface area contributed by atoms with Gasteiger partial charge in [-0.15, -0.1) is 0 Å². The molecule has 3 rings (SSSR count). The van der Waals surface area contributed by atoms with Crippen molar-refractivity contribution in [2.45, 2.75) is 6.54 Å². The van der Waals surface area contributed by atoms with E-state index >= 15 is 0 Å². The Labute approximate surface area is 144 Å². The van der Waals surface area contributed by atoms with E-state index in [-0.39, 0.29) is 0 Å². The molecule has 1 amide bonds. The van der Waals surface area contributed by atoms with Gasteiger partial charge in [-0.2, -0.15) is 5.10 Å². The Morgan fingerprint density at radius 3 is 2.46 bits per heavy atom. The zero-order chi connectivity index (χ0) is 18.7. The predicted octanol–water partition coefficient (Wildman–Crippen LogP) is 2.36. The average Bonchev–Trinajstić information content (AvgIpc) is 2.65. The first kappa shape index (κ1) is 17.3. The Morgan fingerprint density at radius 2 is 1.73 bits per heavy atom. The van der Waals surface area contributed by atoms with Gasteiger partial charge < -0.3 is 5.32 Å². The highest BCUT2D eigenvalue weighted by molar-refractivity contribution is 5.90. The van der Waals surface area contributed by atoms with Crippen LogP contribution in [0, 0.1) is 17.5 Å². The normalized spacial score (nSPS) is 10.6. The molecule has 0 atom stereocenters. The SMILES string of the molecule is O=C(Cn1nc(-c2ccncc2)ccc1=O)Nc1ccc(F)c(F)c1F. The number of aromatic nitrogens is 3. The zero-order valence-corrected chi connectivity index (χ0v) is 13.1. The zero-order valence-electron chi connectivity index (χ0n) is 13.1. The van der Waals surface area contributed by atoms with Gasteiger partial charge in [-0.1, -0.05) is 0 Å². The van der Waals surface area contributed by atoms with E-state index in [0.29, 0.717) is 17.3 Å². The van der Waals surface area contributed by atoms with Gasteiger partial charge in [0.15, 0.2) is 17.5 Å². The molecule has 1 N–H and O–H groups in total. The molecule has 9 heteroatoms. The van der Waals surface area contributed by atoms with E-state index in [1.54, 1.807) is 24.5 Å². The third-order valence-electron chi connectivity index (χ3n) is 3.45. The molecule has 0 saturated heterocycles. The molecule has 1 aromatic carbocycles. The molecule has 0 fully saturated rings. The Bertz CT molecular complexity index is 1020. The number of pyridine rings is 1. The molecular formula is C17H11F3N4O2. The third-order valence-corrected chi connectivity index (χ3v) is 3.45. The number of hydrogen-bond acceptors (Lipinski definition) is 4. The Kier molecular flexibility index (Phi) is 4.78. The van der Waals surface area contributed by atoms with Crippen molar-refractivity contribution >= 4 is 11.6 Å². The van der Waals surface area contributed by atoms with Crippen molar-refractivity contribution in [3.63, 3.8) is 0 Å². The quantitative estimate of drug-likeness (QED) is 0.725. The molecule has 2 heterocycles. The topological polar surface area (TPSA) is 76.9 Å². The lowest BCUT2D eigenvalue weighted by atomic mass is 10.2. The van der Waals surface area contributed by atoms with Gasteiger partial charge in [0.2, 0.25) is 5.91 Å². The molecule has 0 unspecified atom stereocenters. The fourth-order valence-corrected chi connectivity index (χ4v) is 2.19. The van der Waals surface area contributed by atoms with Crippen LogP contribution in [0.25, 0.3) is 11.3 Å². The number of anilines is 1. The van der Waals surface area contributed by atoms with Crippen LogP contribution < -0.4 is 10.9 Å². The van der Waals surface area contributed by atoms with Crippen molar-refractivity contribution in [2.24, 2.45) is 0 Å². The fourth-order valence-electron chi connectivity index (χ4n) is 2.19. The van der Waals surface area contributed by atoms with E-state index < -0.39 is 41.2 Å². The minimum absolute atomic E-state index is 0.429. The summed E-state index contributed by atoms with van der Waals surface area (Å²) in [6.45, 7) is -0.532. The highest BCUT2D eigenvalue weighted by atomic mass is 19.2. The van der Waals surface area contributed by atoms with Gasteiger partial charge in [-0.05, 0) is 30.3 Å². The summed E-state index contributed by atoms with van der Waals surface area (Å²) in [6, 6.07) is 7.63. The second kappa shape index (κ2) is 7.18. The Morgan fingerprint density at radius 1 is 1.00 bits per heavy atom. The van der Waals surface area contributed by atoms with Crippen LogP contribution in [-0.2, 0) is 11.3 Å². The average molecular weight is 360 g/mol. The summed E-state index contributed by atoms with van der Waals surface area (Å²) in [7, 11) is 0. The van der Waals surface area contributed by atoms with E-state index in [4.69, 9.17) is 0 Å². The fraction of sp³-hybridized carbons (Fsp3) is 0.0588. The molecule has 0 spiro atoms. The second-order valence-corrected chi connectivity index (χ2v) is 5.22. The molecular weight excluding hydrogens is 349 g/mol. The van der Waals surface area contributed by atoms with Crippen molar-refractivity contribution in [3.05, 3.63) is 76.6 Å². The number of carbonyl (C=O) groups is 1. The van der Waals surface area contributed by atoms with Crippen molar-refractivity contribution in [3.8, 4) is 11.3 Å². The van der Waals surface area contributed by atoms with Crippen LogP contribution >= 0.6 is 0 Å². The number of nitrogens with zero attached hydrogens (tertiary/aromatic N) is 3. The van der Waals surface area contributed by atoms with Gasteiger partial charge in [-0.3, -0.25) is 14.6 Å². The van der Waals surface area contributed by atoms with E-state index in [0.717, 1.165) is 10.7 Å². The monoisotopic (exact) mass is 360 g/mol. The standard InChI is InChI=1S/C17H11F3N4O2/c18-11-1-2-13(17(20)16(11)19)22-14(25)9-24-15(26)4-3-12(23-24)10-5-7-21-8-6-10/h1-8H,9H2,(H,22,25). The summed E-state index contributed by atoms with van der Waals surface area (Å²) < 4.78 is 40.6. The summed E-state index contributed by atoms with van der Waals surface area (Å²) in [4.78, 5) is 27.8. The Balaban J connectivity index is 1.82. The number of benzene rings is 1.